The number of hydrogen-bond acceptors (Lipinski definition) is 1. The number of nitrogens with one attached hydrogen (secondary N) is 1. The Morgan fingerprint density at radius 2 is 2.13 bits per heavy atom. The van der Waals surface area contributed by atoms with Crippen LogP contribution in [0.2, 0.25) is 0 Å². The first-order chi connectivity index (χ1) is 7.29. The van der Waals surface area contributed by atoms with Gasteiger partial charge in [-0.15, -0.1) is 0 Å². The number of hydrogen-bond donors (Lipinski definition) is 1. The molecule has 1 aliphatic rings. The molecule has 1 aliphatic heterocycles. The summed E-state index contributed by atoms with van der Waals surface area (Å²) in [7, 11) is 1.95. The van der Waals surface area contributed by atoms with Crippen LogP contribution in [0, 0.1) is 0 Å². The largest absolute Gasteiger partial charge is 0.350 e. The van der Waals surface area contributed by atoms with Crippen LogP contribution in [0.25, 0.3) is 10.9 Å². The number of carbonyl (C=O) groups excluding carboxylic acids is 1. The molecule has 3 heteroatoms. The van der Waals surface area contributed by atoms with E-state index in [9.17, 15) is 4.79 Å². The van der Waals surface area contributed by atoms with Crippen LogP contribution in [-0.4, -0.2) is 17.0 Å². The molecule has 0 atom stereocenters. The topological polar surface area (TPSA) is 34.0 Å². The molecule has 0 fully saturated rings. The normalized spacial score (nSPS) is 15.1. The van der Waals surface area contributed by atoms with Crippen molar-refractivity contribution in [1.82, 2.24) is 9.88 Å². The maximum Gasteiger partial charge on any atom is 0.268 e. The van der Waals surface area contributed by atoms with Crippen LogP contribution in [0.4, 0.5) is 0 Å². The fourth-order valence-corrected chi connectivity index (χ4v) is 2.40. The number of benzene rings is 1. The van der Waals surface area contributed by atoms with E-state index in [1.54, 1.807) is 0 Å². The zero-order chi connectivity index (χ0) is 10.4. The van der Waals surface area contributed by atoms with Crippen LogP contribution in [0.5, 0.6) is 0 Å². The zero-order valence-electron chi connectivity index (χ0n) is 8.58. The summed E-state index contributed by atoms with van der Waals surface area (Å²) in [5.41, 5.74) is 3.15. The molecule has 15 heavy (non-hydrogen) atoms. The molecule has 0 aliphatic carbocycles. The molecule has 1 aromatic carbocycles. The Bertz CT molecular complexity index is 554. The van der Waals surface area contributed by atoms with Gasteiger partial charge in [0.25, 0.3) is 5.91 Å². The third kappa shape index (κ3) is 1.03. The quantitative estimate of drug-likeness (QED) is 0.686. The van der Waals surface area contributed by atoms with Crippen LogP contribution in [0.1, 0.15) is 16.1 Å². The Labute approximate surface area is 87.7 Å². The van der Waals surface area contributed by atoms with E-state index in [0.29, 0.717) is 0 Å². The highest BCUT2D eigenvalue weighted by molar-refractivity contribution is 6.02. The van der Waals surface area contributed by atoms with E-state index in [1.807, 2.05) is 23.7 Å². The molecule has 0 bridgehead atoms. The number of fused-ring (bicyclic) bond motifs is 3. The van der Waals surface area contributed by atoms with Crippen LogP contribution < -0.4 is 5.32 Å². The van der Waals surface area contributed by atoms with E-state index < -0.39 is 0 Å². The zero-order valence-corrected chi connectivity index (χ0v) is 8.58. The highest BCUT2D eigenvalue weighted by Gasteiger charge is 2.23. The smallest absolute Gasteiger partial charge is 0.268 e. The van der Waals surface area contributed by atoms with Crippen molar-refractivity contribution in [2.75, 3.05) is 6.54 Å². The molecular weight excluding hydrogens is 188 g/mol. The lowest BCUT2D eigenvalue weighted by molar-refractivity contribution is 0.0938. The van der Waals surface area contributed by atoms with Crippen molar-refractivity contribution in [3.63, 3.8) is 0 Å². The van der Waals surface area contributed by atoms with Crippen molar-refractivity contribution >= 4 is 16.8 Å². The van der Waals surface area contributed by atoms with Gasteiger partial charge >= 0.3 is 0 Å². The number of rotatable bonds is 0. The van der Waals surface area contributed by atoms with E-state index in [2.05, 4.69) is 17.4 Å². The highest BCUT2D eigenvalue weighted by Crippen LogP contribution is 2.27. The van der Waals surface area contributed by atoms with Gasteiger partial charge < -0.3 is 9.88 Å². The predicted molar refractivity (Wildman–Crippen MR) is 59.0 cm³/mol. The van der Waals surface area contributed by atoms with Crippen LogP contribution in [0.3, 0.4) is 0 Å². The van der Waals surface area contributed by atoms with E-state index >= 15 is 0 Å². The molecule has 1 N–H and O–H groups in total. The Balaban J connectivity index is 2.45. The molecule has 0 saturated carbocycles. The summed E-state index contributed by atoms with van der Waals surface area (Å²) in [4.78, 5) is 11.7. The molecule has 0 radical (unpaired) electrons. The van der Waals surface area contributed by atoms with E-state index in [1.165, 1.54) is 10.9 Å². The lowest BCUT2D eigenvalue weighted by Crippen LogP contribution is -2.32. The Kier molecular flexibility index (Phi) is 1.63. The maximum absolute atomic E-state index is 11.7. The second-order valence-electron chi connectivity index (χ2n) is 3.91. The average molecular weight is 200 g/mol. The summed E-state index contributed by atoms with van der Waals surface area (Å²) >= 11 is 0. The molecule has 0 unspecified atom stereocenters. The first-order valence-corrected chi connectivity index (χ1v) is 5.13. The molecule has 1 aromatic heterocycles. The summed E-state index contributed by atoms with van der Waals surface area (Å²) in [5.74, 6) is 0.0509. The number of aryl methyl sites for hydroxylation is 1. The van der Waals surface area contributed by atoms with E-state index in [0.717, 1.165) is 24.2 Å². The van der Waals surface area contributed by atoms with Gasteiger partial charge in [-0.25, -0.2) is 0 Å². The second kappa shape index (κ2) is 2.86. The summed E-state index contributed by atoms with van der Waals surface area (Å²) in [6.07, 6.45) is 0.933. The van der Waals surface area contributed by atoms with Crippen molar-refractivity contribution in [1.29, 1.82) is 0 Å². The van der Waals surface area contributed by atoms with Crippen LogP contribution >= 0.6 is 0 Å². The molecule has 3 rings (SSSR count). The minimum Gasteiger partial charge on any atom is -0.350 e. The summed E-state index contributed by atoms with van der Waals surface area (Å²) < 4.78 is 1.99. The minimum atomic E-state index is 0.0509. The van der Waals surface area contributed by atoms with Crippen LogP contribution in [0.15, 0.2) is 24.3 Å². The first kappa shape index (κ1) is 8.53. The molecule has 1 amide bonds. The number of nitrogens with zero attached hydrogens (tertiary/aromatic N) is 1. The lowest BCUT2D eigenvalue weighted by atomic mass is 10.0. The molecule has 2 aromatic rings. The number of carbonyl (C=O) groups is 1. The van der Waals surface area contributed by atoms with Crippen molar-refractivity contribution in [2.24, 2.45) is 7.05 Å². The van der Waals surface area contributed by atoms with Gasteiger partial charge in [-0.3, -0.25) is 4.79 Å². The Morgan fingerprint density at radius 3 is 3.00 bits per heavy atom. The standard InChI is InChI=1S/C12H12N2O/c1-14-10-5-3-2-4-8(10)9-6-7-13-12(15)11(9)14/h2-5H,6-7H2,1H3,(H,13,15). The number of para-hydroxylation sites is 1. The molecule has 0 spiro atoms. The fraction of sp³-hybridized carbons (Fsp3) is 0.250. The third-order valence-electron chi connectivity index (χ3n) is 3.09. The van der Waals surface area contributed by atoms with Gasteiger partial charge in [-0.05, 0) is 18.1 Å². The van der Waals surface area contributed by atoms with Gasteiger partial charge in [-0.2, -0.15) is 0 Å². The van der Waals surface area contributed by atoms with Gasteiger partial charge in [0.1, 0.15) is 5.69 Å². The monoisotopic (exact) mass is 200 g/mol. The van der Waals surface area contributed by atoms with E-state index in [4.69, 9.17) is 0 Å². The third-order valence-corrected chi connectivity index (χ3v) is 3.09. The minimum absolute atomic E-state index is 0.0509. The van der Waals surface area contributed by atoms with Crippen molar-refractivity contribution in [2.45, 2.75) is 6.42 Å². The summed E-state index contributed by atoms with van der Waals surface area (Å²) in [5, 5.41) is 4.09. The van der Waals surface area contributed by atoms with Crippen molar-refractivity contribution in [3.8, 4) is 0 Å². The number of amides is 1. The lowest BCUT2D eigenvalue weighted by Gasteiger charge is -2.13. The second-order valence-corrected chi connectivity index (χ2v) is 3.91. The van der Waals surface area contributed by atoms with Crippen molar-refractivity contribution < 1.29 is 4.79 Å². The Hall–Kier alpha value is -1.77. The van der Waals surface area contributed by atoms with Gasteiger partial charge in [0.2, 0.25) is 0 Å². The summed E-state index contributed by atoms with van der Waals surface area (Å²) in [6, 6.07) is 8.18. The predicted octanol–water partition coefficient (Wildman–Crippen LogP) is 1.46. The van der Waals surface area contributed by atoms with Crippen molar-refractivity contribution in [3.05, 3.63) is 35.5 Å². The molecule has 76 valence electrons. The van der Waals surface area contributed by atoms with Gasteiger partial charge in [0.05, 0.1) is 0 Å². The molecule has 2 heterocycles. The maximum atomic E-state index is 11.7. The number of aromatic nitrogens is 1. The van der Waals surface area contributed by atoms with Gasteiger partial charge in [0, 0.05) is 24.5 Å². The molecular formula is C12H12N2O. The highest BCUT2D eigenvalue weighted by atomic mass is 16.2. The average Bonchev–Trinajstić information content (AvgIpc) is 2.55. The fourth-order valence-electron chi connectivity index (χ4n) is 2.40. The first-order valence-electron chi connectivity index (χ1n) is 5.13. The van der Waals surface area contributed by atoms with E-state index in [-0.39, 0.29) is 5.91 Å². The molecule has 3 nitrogen and oxygen atoms in total. The van der Waals surface area contributed by atoms with Gasteiger partial charge in [-0.1, -0.05) is 18.2 Å². The molecule has 0 saturated heterocycles. The SMILES string of the molecule is Cn1c2c(c3ccccc31)CCNC2=O. The summed E-state index contributed by atoms with van der Waals surface area (Å²) in [6.45, 7) is 0.750. The Morgan fingerprint density at radius 1 is 1.33 bits per heavy atom. The van der Waals surface area contributed by atoms with Gasteiger partial charge in [0.15, 0.2) is 0 Å². The van der Waals surface area contributed by atoms with Crippen LogP contribution in [-0.2, 0) is 13.5 Å².